The van der Waals surface area contributed by atoms with E-state index in [2.05, 4.69) is 40.4 Å². The van der Waals surface area contributed by atoms with Crippen LogP contribution in [0.5, 0.6) is 11.5 Å². The summed E-state index contributed by atoms with van der Waals surface area (Å²) in [6.07, 6.45) is 3.28. The Labute approximate surface area is 325 Å². The van der Waals surface area contributed by atoms with E-state index < -0.39 is 0 Å². The van der Waals surface area contributed by atoms with Crippen LogP contribution < -0.4 is 39.0 Å². The summed E-state index contributed by atoms with van der Waals surface area (Å²) < 4.78 is 10.8. The van der Waals surface area contributed by atoms with Crippen molar-refractivity contribution in [1.82, 2.24) is 0 Å². The van der Waals surface area contributed by atoms with Gasteiger partial charge in [0.15, 0.2) is 0 Å². The van der Waals surface area contributed by atoms with Crippen LogP contribution in [0.25, 0.3) is 0 Å². The maximum Gasteiger partial charge on any atom is 1.00 e. The summed E-state index contributed by atoms with van der Waals surface area (Å²) in [5.41, 5.74) is 1.64. The maximum atomic E-state index is 11.7. The van der Waals surface area contributed by atoms with E-state index in [0.717, 1.165) is 23.1 Å². The Kier molecular flexibility index (Phi) is 27.1. The van der Waals surface area contributed by atoms with Crippen molar-refractivity contribution < 1.29 is 37.9 Å². The topological polar surface area (TPSA) is 76.7 Å². The summed E-state index contributed by atoms with van der Waals surface area (Å²) in [5, 5.41) is 8.47. The van der Waals surface area contributed by atoms with Crippen LogP contribution in [0.2, 0.25) is 20.1 Å². The first-order valence-electron chi connectivity index (χ1n) is 14.8. The zero-order chi connectivity index (χ0) is 34.9. The van der Waals surface area contributed by atoms with E-state index >= 15 is 0 Å². The Morgan fingerprint density at radius 3 is 1.56 bits per heavy atom. The van der Waals surface area contributed by atoms with E-state index in [1.165, 1.54) is 13.3 Å². The van der Waals surface area contributed by atoms with Gasteiger partial charge in [0.05, 0.1) is 23.3 Å². The van der Waals surface area contributed by atoms with Crippen molar-refractivity contribution in [3.05, 3.63) is 124 Å². The number of unbranched alkanes of at least 4 members (excludes halogenated alkanes) is 1. The molecule has 4 rings (SSSR count). The second kappa shape index (κ2) is 28.5. The van der Waals surface area contributed by atoms with Gasteiger partial charge in [0.1, 0.15) is 11.5 Å². The quantitative estimate of drug-likeness (QED) is 0.0690. The molecule has 4 aromatic carbocycles. The molecule has 0 bridgehead atoms. The van der Waals surface area contributed by atoms with Crippen LogP contribution >= 0.6 is 62.3 Å². The molecule has 2 N–H and O–H groups in total. The summed E-state index contributed by atoms with van der Waals surface area (Å²) in [6, 6.07) is 28.9. The first kappa shape index (κ1) is 45.7. The minimum atomic E-state index is -0.0359. The van der Waals surface area contributed by atoms with Crippen molar-refractivity contribution in [2.24, 2.45) is 0 Å². The molecule has 0 aliphatic carbocycles. The zero-order valence-corrected chi connectivity index (χ0v) is 32.0. The summed E-state index contributed by atoms with van der Waals surface area (Å²) in [5.74, 6) is 1.17. The van der Waals surface area contributed by atoms with Gasteiger partial charge in [-0.25, -0.2) is 0 Å². The number of anilines is 2. The molecule has 48 heavy (non-hydrogen) atoms. The standard InChI is InChI=1S/C16H15Cl2NO2.C8H7BrCl2O.C8H9NO.C4H9.Li/c17-12-8-9-15(14(18)11-12)21-10-4-7-16(20)19-13-5-2-1-3-6-13;9-3-4-12-8-2-1-6(10)5-7(8)11;1-7(10)9-8-5-3-2-4-6-8;1-3-4-2;/h1-3,5-6,8-9,11H,4,7,10H2,(H,19,20);1-2,5H,3-4H2;2-6H,1H3,(H,9,10);1,3-4H2,2H3;/q;;;-1;+1. The number of para-hydroxylation sites is 2. The first-order chi connectivity index (χ1) is 22.6. The van der Waals surface area contributed by atoms with Gasteiger partial charge in [0, 0.05) is 40.1 Å². The van der Waals surface area contributed by atoms with Crippen LogP contribution in [0.1, 0.15) is 39.5 Å². The maximum absolute atomic E-state index is 11.7. The average molecular weight is 793 g/mol. The number of carbonyl (C=O) groups excluding carboxylic acids is 2. The molecule has 0 aliphatic rings. The molecule has 4 aromatic rings. The van der Waals surface area contributed by atoms with Crippen molar-refractivity contribution in [1.29, 1.82) is 0 Å². The molecule has 0 saturated carbocycles. The van der Waals surface area contributed by atoms with E-state index in [-0.39, 0.29) is 30.7 Å². The summed E-state index contributed by atoms with van der Waals surface area (Å²) in [4.78, 5) is 22.2. The third-order valence-electron chi connectivity index (χ3n) is 5.43. The molecule has 0 aromatic heterocycles. The molecule has 0 saturated heterocycles. The third-order valence-corrected chi connectivity index (χ3v) is 6.82. The molecule has 0 radical (unpaired) electrons. The Hall–Kier alpha value is -2.34. The molecule has 0 heterocycles. The number of amides is 2. The molecule has 0 spiro atoms. The molecule has 0 unspecified atom stereocenters. The normalized spacial score (nSPS) is 9.42. The molecule has 0 aliphatic heterocycles. The van der Waals surface area contributed by atoms with Gasteiger partial charge in [-0.05, 0) is 67.1 Å². The van der Waals surface area contributed by atoms with Gasteiger partial charge in [-0.15, -0.1) is 0 Å². The average Bonchev–Trinajstić information content (AvgIpc) is 3.05. The Morgan fingerprint density at radius 2 is 1.17 bits per heavy atom. The van der Waals surface area contributed by atoms with E-state index in [0.29, 0.717) is 57.6 Å². The summed E-state index contributed by atoms with van der Waals surface area (Å²) in [7, 11) is 0. The molecule has 12 heteroatoms. The molecule has 0 fully saturated rings. The number of alkyl halides is 1. The monoisotopic (exact) mass is 790 g/mol. The second-order valence-electron chi connectivity index (χ2n) is 9.45. The van der Waals surface area contributed by atoms with Crippen molar-refractivity contribution in [2.75, 3.05) is 29.2 Å². The number of hydrogen-bond donors (Lipinski definition) is 2. The van der Waals surface area contributed by atoms with Crippen molar-refractivity contribution >= 4 is 85.5 Å². The SMILES string of the molecule is CC(=O)Nc1ccccc1.Clc1ccc(OCCBr)c(Cl)c1.O=C(CCCOc1ccc(Cl)cc1Cl)Nc1ccccc1.[CH2-]CCC.[Li+]. The molecular weight excluding hydrogens is 753 g/mol. The summed E-state index contributed by atoms with van der Waals surface area (Å²) >= 11 is 26.6. The number of carbonyl (C=O) groups is 2. The molecule has 2 amide bonds. The van der Waals surface area contributed by atoms with Gasteiger partial charge >= 0.3 is 18.9 Å². The number of rotatable bonds is 11. The predicted octanol–water partition coefficient (Wildman–Crippen LogP) is 8.83. The van der Waals surface area contributed by atoms with Gasteiger partial charge in [-0.1, -0.05) is 112 Å². The van der Waals surface area contributed by atoms with Crippen LogP contribution in [0.3, 0.4) is 0 Å². The Bertz CT molecular complexity index is 1450. The van der Waals surface area contributed by atoms with Crippen molar-refractivity contribution in [3.63, 3.8) is 0 Å². The third kappa shape index (κ3) is 22.3. The largest absolute Gasteiger partial charge is 1.00 e. The van der Waals surface area contributed by atoms with E-state index in [1.54, 1.807) is 36.4 Å². The van der Waals surface area contributed by atoms with Gasteiger partial charge < -0.3 is 27.0 Å². The Morgan fingerprint density at radius 1 is 0.729 bits per heavy atom. The fraction of sp³-hybridized carbons (Fsp3) is 0.250. The number of ether oxygens (including phenoxy) is 2. The van der Waals surface area contributed by atoms with Crippen LogP contribution in [-0.4, -0.2) is 30.4 Å². The summed E-state index contributed by atoms with van der Waals surface area (Å²) in [6.45, 7) is 8.23. The molecule has 254 valence electrons. The first-order valence-corrected chi connectivity index (χ1v) is 17.4. The van der Waals surface area contributed by atoms with E-state index in [1.807, 2.05) is 60.7 Å². The van der Waals surface area contributed by atoms with Crippen LogP contribution in [-0.2, 0) is 9.59 Å². The van der Waals surface area contributed by atoms with Gasteiger partial charge in [-0.3, -0.25) is 9.59 Å². The molecule has 0 atom stereocenters. The van der Waals surface area contributed by atoms with Crippen LogP contribution in [0, 0.1) is 6.92 Å². The van der Waals surface area contributed by atoms with Crippen LogP contribution in [0.4, 0.5) is 11.4 Å². The van der Waals surface area contributed by atoms with Gasteiger partial charge in [-0.2, -0.15) is 6.42 Å². The van der Waals surface area contributed by atoms with Gasteiger partial charge in [0.25, 0.3) is 0 Å². The minimum absolute atomic E-state index is 0. The fourth-order valence-corrected chi connectivity index (χ4v) is 4.31. The van der Waals surface area contributed by atoms with E-state index in [4.69, 9.17) is 55.9 Å². The molecule has 6 nitrogen and oxygen atoms in total. The smallest absolute Gasteiger partial charge is 0.492 e. The van der Waals surface area contributed by atoms with Crippen molar-refractivity contribution in [3.8, 4) is 11.5 Å². The predicted molar refractivity (Wildman–Crippen MR) is 203 cm³/mol. The molecular formula is C36H40BrCl4LiN2O4. The van der Waals surface area contributed by atoms with E-state index in [9.17, 15) is 9.59 Å². The number of halogens is 5. The fourth-order valence-electron chi connectivity index (χ4n) is 3.22. The van der Waals surface area contributed by atoms with Crippen LogP contribution in [0.15, 0.2) is 97.1 Å². The zero-order valence-electron chi connectivity index (χ0n) is 27.4. The Balaban J connectivity index is 0.000000695. The number of benzene rings is 4. The minimum Gasteiger partial charge on any atom is -0.492 e. The second-order valence-corrected chi connectivity index (χ2v) is 11.9. The number of hydrogen-bond acceptors (Lipinski definition) is 4. The van der Waals surface area contributed by atoms with Crippen molar-refractivity contribution in [2.45, 2.75) is 39.5 Å². The number of nitrogens with one attached hydrogen (secondary N) is 2. The van der Waals surface area contributed by atoms with Gasteiger partial charge in [0.2, 0.25) is 11.8 Å².